The summed E-state index contributed by atoms with van der Waals surface area (Å²) in [5.41, 5.74) is -0.677. The monoisotopic (exact) mass is 445 g/mol. The molecule has 0 radical (unpaired) electrons. The minimum atomic E-state index is -1.88. The van der Waals surface area contributed by atoms with Gasteiger partial charge in [0.1, 0.15) is 24.4 Å². The number of benzene rings is 1. The van der Waals surface area contributed by atoms with Crippen molar-refractivity contribution in [3.05, 3.63) is 31.2 Å². The van der Waals surface area contributed by atoms with E-state index in [4.69, 9.17) is 56.2 Å². The van der Waals surface area contributed by atoms with E-state index in [1.54, 1.807) is 0 Å². The van der Waals surface area contributed by atoms with Crippen LogP contribution in [0.1, 0.15) is 20.7 Å². The van der Waals surface area contributed by atoms with Gasteiger partial charge in [-0.3, -0.25) is 14.5 Å². The smallest absolute Gasteiger partial charge is 0.263 e. The van der Waals surface area contributed by atoms with Crippen LogP contribution in [0.2, 0.25) is 20.1 Å². The van der Waals surface area contributed by atoms with Crippen LogP contribution in [0.5, 0.6) is 0 Å². The number of ether oxygens (including phenoxy) is 1. The Morgan fingerprint density at radius 3 is 1.73 bits per heavy atom. The quantitative estimate of drug-likeness (QED) is 0.299. The average molecular weight is 447 g/mol. The lowest BCUT2D eigenvalue weighted by Crippen LogP contribution is -2.65. The first-order valence-corrected chi connectivity index (χ1v) is 8.69. The molecule has 2 aliphatic heterocycles. The molecule has 0 spiro atoms. The number of amides is 2. The van der Waals surface area contributed by atoms with Crippen molar-refractivity contribution in [2.75, 3.05) is 6.61 Å². The number of aliphatic hydroxyl groups excluding tert-OH is 4. The fourth-order valence-corrected chi connectivity index (χ4v) is 4.01. The summed E-state index contributed by atoms with van der Waals surface area (Å²) < 4.78 is 4.98. The van der Waals surface area contributed by atoms with E-state index in [1.165, 1.54) is 0 Å². The van der Waals surface area contributed by atoms with E-state index in [0.29, 0.717) is 4.90 Å². The Morgan fingerprint density at radius 2 is 1.31 bits per heavy atom. The Labute approximate surface area is 166 Å². The summed E-state index contributed by atoms with van der Waals surface area (Å²) in [6.45, 7) is -0.701. The summed E-state index contributed by atoms with van der Waals surface area (Å²) in [4.78, 5) is 26.0. The predicted molar refractivity (Wildman–Crippen MR) is 90.7 cm³/mol. The van der Waals surface area contributed by atoms with Crippen LogP contribution in [-0.2, 0) is 4.74 Å². The van der Waals surface area contributed by atoms with Crippen LogP contribution in [0.4, 0.5) is 0 Å². The number of carbonyl (C=O) groups is 2. The molecule has 1 fully saturated rings. The highest BCUT2D eigenvalue weighted by atomic mass is 35.5. The molecule has 1 aromatic carbocycles. The van der Waals surface area contributed by atoms with Gasteiger partial charge in [0, 0.05) is 0 Å². The van der Waals surface area contributed by atoms with Gasteiger partial charge in [-0.15, -0.1) is 0 Å². The van der Waals surface area contributed by atoms with Gasteiger partial charge in [-0.1, -0.05) is 46.4 Å². The zero-order valence-corrected chi connectivity index (χ0v) is 15.6. The number of carbonyl (C=O) groups excluding carboxylic acids is 2. The number of hydrogen-bond donors (Lipinski definition) is 4. The van der Waals surface area contributed by atoms with Crippen molar-refractivity contribution in [1.29, 1.82) is 0 Å². The van der Waals surface area contributed by atoms with E-state index in [2.05, 4.69) is 0 Å². The summed E-state index contributed by atoms with van der Waals surface area (Å²) in [5.74, 6) is -2.01. The third-order valence-corrected chi connectivity index (χ3v) is 6.10. The van der Waals surface area contributed by atoms with Crippen LogP contribution in [0.25, 0.3) is 0 Å². The van der Waals surface area contributed by atoms with Gasteiger partial charge < -0.3 is 25.2 Å². The number of nitrogens with zero attached hydrogens (tertiary/aromatic N) is 1. The topological polar surface area (TPSA) is 128 Å². The minimum absolute atomic E-state index is 0.235. The molecule has 3 rings (SSSR count). The van der Waals surface area contributed by atoms with Crippen LogP contribution in [0.3, 0.4) is 0 Å². The third-order valence-electron chi connectivity index (χ3n) is 4.30. The maximum atomic E-state index is 12.7. The fraction of sp³-hybridized carbons (Fsp3) is 0.429. The van der Waals surface area contributed by atoms with Gasteiger partial charge in [0.15, 0.2) is 6.29 Å². The lowest BCUT2D eigenvalue weighted by atomic mass is 9.96. The molecule has 1 unspecified atom stereocenters. The average Bonchev–Trinajstić information content (AvgIpc) is 2.86. The first-order chi connectivity index (χ1) is 12.1. The second-order valence-electron chi connectivity index (χ2n) is 5.71. The number of halogens is 4. The summed E-state index contributed by atoms with van der Waals surface area (Å²) in [5, 5.41) is 38.4. The summed E-state index contributed by atoms with van der Waals surface area (Å²) in [6.07, 6.45) is -6.66. The molecule has 26 heavy (non-hydrogen) atoms. The van der Waals surface area contributed by atoms with Crippen molar-refractivity contribution in [1.82, 2.24) is 4.90 Å². The van der Waals surface area contributed by atoms with E-state index in [-0.39, 0.29) is 31.2 Å². The van der Waals surface area contributed by atoms with Gasteiger partial charge in [-0.05, 0) is 0 Å². The van der Waals surface area contributed by atoms with E-state index in [0.717, 1.165) is 0 Å². The van der Waals surface area contributed by atoms with Crippen molar-refractivity contribution >= 4 is 58.2 Å². The molecule has 0 saturated carbocycles. The second-order valence-corrected chi connectivity index (χ2v) is 7.22. The van der Waals surface area contributed by atoms with Crippen molar-refractivity contribution in [2.24, 2.45) is 0 Å². The number of hydrogen-bond acceptors (Lipinski definition) is 7. The molecule has 4 N–H and O–H groups in total. The van der Waals surface area contributed by atoms with Crippen molar-refractivity contribution in [3.8, 4) is 0 Å². The number of imide groups is 1. The van der Waals surface area contributed by atoms with Crippen LogP contribution < -0.4 is 0 Å². The molecule has 0 bridgehead atoms. The molecule has 1 aromatic rings. The molecule has 142 valence electrons. The molecule has 8 nitrogen and oxygen atoms in total. The molecule has 2 heterocycles. The molecule has 2 amide bonds. The highest BCUT2D eigenvalue weighted by Crippen LogP contribution is 2.45. The van der Waals surface area contributed by atoms with E-state index in [9.17, 15) is 24.9 Å². The maximum absolute atomic E-state index is 12.7. The zero-order valence-electron chi connectivity index (χ0n) is 12.6. The Hall–Kier alpha value is -0.680. The Morgan fingerprint density at radius 1 is 0.846 bits per heavy atom. The van der Waals surface area contributed by atoms with Gasteiger partial charge >= 0.3 is 0 Å². The lowest BCUT2D eigenvalue weighted by Gasteiger charge is -2.42. The number of aliphatic hydroxyl groups is 4. The zero-order chi connectivity index (χ0) is 19.5. The largest absolute Gasteiger partial charge is 0.394 e. The summed E-state index contributed by atoms with van der Waals surface area (Å²) in [6, 6.07) is -1.68. The van der Waals surface area contributed by atoms with E-state index in [1.807, 2.05) is 0 Å². The number of rotatable bonds is 2. The number of fused-ring (bicyclic) bond motifs is 1. The highest BCUT2D eigenvalue weighted by molar-refractivity contribution is 6.55. The summed E-state index contributed by atoms with van der Waals surface area (Å²) >= 11 is 23.8. The Bertz CT molecular complexity index is 757. The standard InChI is InChI=1S/C14H11Cl4NO7/c15-5-3-4(6(16)8(18)7(5)17)13(24)19(12(3)23)9-11(22)10(21)2(1-20)26-14(9)25/h2,9-11,14,20-22,25H,1H2/t2-,9-,10+,11-,14?/m1/s1. The molecule has 0 aromatic heterocycles. The maximum Gasteiger partial charge on any atom is 0.263 e. The SMILES string of the molecule is O=C1c2c(Cl)c(Cl)c(Cl)c(Cl)c2C(=O)N1[C@H]1C(O)O[C@H](CO)[C@H](O)[C@@H]1O. The molecule has 5 atom stereocenters. The van der Waals surface area contributed by atoms with Crippen LogP contribution in [-0.4, -0.2) is 74.4 Å². The third kappa shape index (κ3) is 2.72. The first-order valence-electron chi connectivity index (χ1n) is 7.17. The van der Waals surface area contributed by atoms with Crippen molar-refractivity contribution in [3.63, 3.8) is 0 Å². The van der Waals surface area contributed by atoms with E-state index >= 15 is 0 Å². The lowest BCUT2D eigenvalue weighted by molar-refractivity contribution is -0.263. The van der Waals surface area contributed by atoms with Gasteiger partial charge in [0.05, 0.1) is 37.8 Å². The van der Waals surface area contributed by atoms with Gasteiger partial charge in [-0.25, -0.2) is 0 Å². The molecule has 1 saturated heterocycles. The molecule has 0 aliphatic carbocycles. The molecular weight excluding hydrogens is 436 g/mol. The van der Waals surface area contributed by atoms with E-state index < -0.39 is 49.1 Å². The molecular formula is C14H11Cl4NO7. The van der Waals surface area contributed by atoms with Gasteiger partial charge in [0.25, 0.3) is 11.8 Å². The Balaban J connectivity index is 2.09. The van der Waals surface area contributed by atoms with Gasteiger partial charge in [0.2, 0.25) is 0 Å². The van der Waals surface area contributed by atoms with Crippen molar-refractivity contribution in [2.45, 2.75) is 30.6 Å². The summed E-state index contributed by atoms with van der Waals surface area (Å²) in [7, 11) is 0. The van der Waals surface area contributed by atoms with Crippen LogP contribution in [0.15, 0.2) is 0 Å². The molecule has 12 heteroatoms. The van der Waals surface area contributed by atoms with Gasteiger partial charge in [-0.2, -0.15) is 0 Å². The van der Waals surface area contributed by atoms with Crippen LogP contribution >= 0.6 is 46.4 Å². The first kappa shape index (κ1) is 20.1. The van der Waals surface area contributed by atoms with Crippen LogP contribution in [0, 0.1) is 0 Å². The fourth-order valence-electron chi connectivity index (χ4n) is 3.00. The Kier molecular flexibility index (Phi) is 5.44. The molecule has 2 aliphatic rings. The highest BCUT2D eigenvalue weighted by Gasteiger charge is 2.53. The normalized spacial score (nSPS) is 31.5. The second kappa shape index (κ2) is 7.05. The van der Waals surface area contributed by atoms with Crippen molar-refractivity contribution < 1.29 is 34.8 Å². The predicted octanol–water partition coefficient (Wildman–Crippen LogP) is 0.696. The minimum Gasteiger partial charge on any atom is -0.394 e.